The van der Waals surface area contributed by atoms with Gasteiger partial charge in [-0.25, -0.2) is 9.97 Å². The van der Waals surface area contributed by atoms with Crippen molar-refractivity contribution in [2.24, 2.45) is 0 Å². The molecule has 0 radical (unpaired) electrons. The van der Waals surface area contributed by atoms with Crippen LogP contribution < -0.4 is 15.0 Å². The van der Waals surface area contributed by atoms with Crippen molar-refractivity contribution >= 4 is 17.4 Å². The second-order valence-corrected chi connectivity index (χ2v) is 7.20. The van der Waals surface area contributed by atoms with Crippen molar-refractivity contribution in [1.29, 1.82) is 0 Å². The van der Waals surface area contributed by atoms with Crippen LogP contribution in [0.5, 0.6) is 5.75 Å². The van der Waals surface area contributed by atoms with Crippen molar-refractivity contribution in [3.63, 3.8) is 0 Å². The number of piperidine rings is 1. The van der Waals surface area contributed by atoms with E-state index in [0.717, 1.165) is 43.9 Å². The predicted molar refractivity (Wildman–Crippen MR) is 106 cm³/mol. The quantitative estimate of drug-likeness (QED) is 0.827. The zero-order valence-electron chi connectivity index (χ0n) is 15.7. The van der Waals surface area contributed by atoms with Crippen LogP contribution in [0.3, 0.4) is 0 Å². The number of halogens is 1. The van der Waals surface area contributed by atoms with Gasteiger partial charge in [-0.1, -0.05) is 24.6 Å². The molecule has 2 unspecified atom stereocenters. The number of hydrogen-bond acceptors (Lipinski definition) is 5. The van der Waals surface area contributed by atoms with Gasteiger partial charge in [0.1, 0.15) is 17.9 Å². The van der Waals surface area contributed by atoms with Crippen molar-refractivity contribution in [1.82, 2.24) is 15.3 Å². The lowest BCUT2D eigenvalue weighted by Crippen LogP contribution is -2.46. The summed E-state index contributed by atoms with van der Waals surface area (Å²) in [6.07, 6.45) is 4.92. The number of ether oxygens (including phenoxy) is 1. The number of aryl methyl sites for hydroxylation is 1. The molecule has 1 aromatic heterocycles. The van der Waals surface area contributed by atoms with Gasteiger partial charge in [0.15, 0.2) is 0 Å². The fourth-order valence-corrected chi connectivity index (χ4v) is 3.74. The van der Waals surface area contributed by atoms with Gasteiger partial charge in [0.25, 0.3) is 0 Å². The van der Waals surface area contributed by atoms with Crippen LogP contribution in [0, 0.1) is 0 Å². The summed E-state index contributed by atoms with van der Waals surface area (Å²) < 4.78 is 5.24. The lowest BCUT2D eigenvalue weighted by atomic mass is 10.0. The Labute approximate surface area is 160 Å². The minimum absolute atomic E-state index is 0.222. The third-order valence-electron chi connectivity index (χ3n) is 4.98. The maximum atomic E-state index is 6.27. The summed E-state index contributed by atoms with van der Waals surface area (Å²) in [7, 11) is 1.64. The highest BCUT2D eigenvalue weighted by atomic mass is 35.5. The molecule has 0 amide bonds. The summed E-state index contributed by atoms with van der Waals surface area (Å²) in [5.41, 5.74) is 2.26. The first kappa shape index (κ1) is 18.9. The Kier molecular flexibility index (Phi) is 6.33. The van der Waals surface area contributed by atoms with E-state index in [1.807, 2.05) is 12.1 Å². The maximum Gasteiger partial charge on any atom is 0.137 e. The molecular weight excluding hydrogens is 348 g/mol. The van der Waals surface area contributed by atoms with E-state index in [1.165, 1.54) is 5.56 Å². The van der Waals surface area contributed by atoms with E-state index in [1.54, 1.807) is 13.4 Å². The van der Waals surface area contributed by atoms with Crippen LogP contribution >= 0.6 is 11.6 Å². The van der Waals surface area contributed by atoms with Gasteiger partial charge < -0.3 is 15.0 Å². The van der Waals surface area contributed by atoms with Crippen molar-refractivity contribution in [3.8, 4) is 5.75 Å². The number of benzene rings is 1. The van der Waals surface area contributed by atoms with E-state index in [9.17, 15) is 0 Å². The molecule has 0 spiro atoms. The summed E-state index contributed by atoms with van der Waals surface area (Å²) in [5, 5.41) is 4.39. The molecule has 2 atom stereocenters. The molecule has 3 rings (SSSR count). The lowest BCUT2D eigenvalue weighted by molar-refractivity contribution is 0.386. The van der Waals surface area contributed by atoms with Crippen molar-refractivity contribution < 1.29 is 4.74 Å². The molecule has 0 bridgehead atoms. The smallest absolute Gasteiger partial charge is 0.137 e. The summed E-state index contributed by atoms with van der Waals surface area (Å²) in [4.78, 5) is 11.1. The molecule has 2 aromatic rings. The third kappa shape index (κ3) is 4.46. The molecule has 1 aromatic carbocycles. The van der Waals surface area contributed by atoms with Crippen molar-refractivity contribution in [2.45, 2.75) is 45.2 Å². The first-order valence-electron chi connectivity index (χ1n) is 9.26. The molecule has 26 heavy (non-hydrogen) atoms. The van der Waals surface area contributed by atoms with Gasteiger partial charge in [0.2, 0.25) is 0 Å². The molecule has 1 saturated heterocycles. The summed E-state index contributed by atoms with van der Waals surface area (Å²) >= 11 is 6.27. The van der Waals surface area contributed by atoms with Gasteiger partial charge in [0, 0.05) is 36.9 Å². The molecule has 140 valence electrons. The second kappa shape index (κ2) is 8.69. The van der Waals surface area contributed by atoms with Crippen molar-refractivity contribution in [2.75, 3.05) is 25.1 Å². The Morgan fingerprint density at radius 1 is 1.35 bits per heavy atom. The van der Waals surface area contributed by atoms with Crippen LogP contribution in [0.25, 0.3) is 0 Å². The number of hydrogen-bond donors (Lipinski definition) is 1. The SMILES string of the molecule is CCc1cc(N2CCCC(NC(C)c3ccc(OC)c(Cl)c3)C2)ncn1. The number of methoxy groups -OCH3 is 1. The van der Waals surface area contributed by atoms with E-state index in [2.05, 4.69) is 46.2 Å². The number of aromatic nitrogens is 2. The highest BCUT2D eigenvalue weighted by Gasteiger charge is 2.23. The standard InChI is InChI=1S/C20H27ClN4O/c1-4-16-11-20(23-13-22-16)25-9-5-6-17(12-25)24-14(2)15-7-8-19(26-3)18(21)10-15/h7-8,10-11,13-14,17,24H,4-6,9,12H2,1-3H3. The minimum atomic E-state index is 0.222. The number of rotatable bonds is 6. The van der Waals surface area contributed by atoms with Crippen LogP contribution in [0.4, 0.5) is 5.82 Å². The van der Waals surface area contributed by atoms with Gasteiger partial charge in [-0.15, -0.1) is 0 Å². The van der Waals surface area contributed by atoms with Gasteiger partial charge in [-0.2, -0.15) is 0 Å². The molecule has 1 aliphatic rings. The van der Waals surface area contributed by atoms with E-state index >= 15 is 0 Å². The first-order valence-corrected chi connectivity index (χ1v) is 9.63. The number of anilines is 1. The summed E-state index contributed by atoms with van der Waals surface area (Å²) in [6.45, 7) is 6.29. The lowest BCUT2D eigenvalue weighted by Gasteiger charge is -2.35. The Hall–Kier alpha value is -1.85. The topological polar surface area (TPSA) is 50.3 Å². The predicted octanol–water partition coefficient (Wildman–Crippen LogP) is 4.02. The normalized spacial score (nSPS) is 18.6. The third-order valence-corrected chi connectivity index (χ3v) is 5.27. The first-order chi connectivity index (χ1) is 12.6. The Bertz CT molecular complexity index is 740. The maximum absolute atomic E-state index is 6.27. The van der Waals surface area contributed by atoms with Gasteiger partial charge in [-0.3, -0.25) is 0 Å². The Morgan fingerprint density at radius 3 is 2.92 bits per heavy atom. The molecule has 0 saturated carbocycles. The number of nitrogens with one attached hydrogen (secondary N) is 1. The van der Waals surface area contributed by atoms with Crippen LogP contribution in [-0.4, -0.2) is 36.2 Å². The van der Waals surface area contributed by atoms with E-state index < -0.39 is 0 Å². The van der Waals surface area contributed by atoms with Crippen LogP contribution in [0.2, 0.25) is 5.02 Å². The highest BCUT2D eigenvalue weighted by molar-refractivity contribution is 6.32. The second-order valence-electron chi connectivity index (χ2n) is 6.79. The minimum Gasteiger partial charge on any atom is -0.495 e. The van der Waals surface area contributed by atoms with E-state index in [-0.39, 0.29) is 6.04 Å². The summed E-state index contributed by atoms with van der Waals surface area (Å²) in [5.74, 6) is 1.74. The monoisotopic (exact) mass is 374 g/mol. The zero-order valence-corrected chi connectivity index (χ0v) is 16.5. The molecule has 2 heterocycles. The molecule has 1 fully saturated rings. The highest BCUT2D eigenvalue weighted by Crippen LogP contribution is 2.28. The Balaban J connectivity index is 1.65. The fourth-order valence-electron chi connectivity index (χ4n) is 3.48. The number of nitrogens with zero attached hydrogens (tertiary/aromatic N) is 3. The molecule has 1 aliphatic heterocycles. The molecular formula is C20H27ClN4O. The molecule has 0 aliphatic carbocycles. The summed E-state index contributed by atoms with van der Waals surface area (Å²) in [6, 6.07) is 8.72. The molecule has 6 heteroatoms. The van der Waals surface area contributed by atoms with Gasteiger partial charge in [0.05, 0.1) is 12.1 Å². The average molecular weight is 375 g/mol. The van der Waals surface area contributed by atoms with Crippen LogP contribution in [0.15, 0.2) is 30.6 Å². The van der Waals surface area contributed by atoms with Crippen molar-refractivity contribution in [3.05, 3.63) is 46.9 Å². The van der Waals surface area contributed by atoms with E-state index in [4.69, 9.17) is 16.3 Å². The van der Waals surface area contributed by atoms with Crippen LogP contribution in [-0.2, 0) is 6.42 Å². The van der Waals surface area contributed by atoms with E-state index in [0.29, 0.717) is 16.8 Å². The Morgan fingerprint density at radius 2 is 2.19 bits per heavy atom. The zero-order chi connectivity index (χ0) is 18.5. The van der Waals surface area contributed by atoms with Crippen LogP contribution in [0.1, 0.15) is 44.0 Å². The largest absolute Gasteiger partial charge is 0.495 e. The molecule has 5 nitrogen and oxygen atoms in total. The molecule has 1 N–H and O–H groups in total. The van der Waals surface area contributed by atoms with Gasteiger partial charge in [-0.05, 0) is 43.9 Å². The van der Waals surface area contributed by atoms with Gasteiger partial charge >= 0.3 is 0 Å². The average Bonchev–Trinajstić information content (AvgIpc) is 2.68. The fraction of sp³-hybridized carbons (Fsp3) is 0.500.